The van der Waals surface area contributed by atoms with Crippen molar-refractivity contribution in [2.24, 2.45) is 0 Å². The second kappa shape index (κ2) is 7.31. The van der Waals surface area contributed by atoms with Gasteiger partial charge in [-0.05, 0) is 31.2 Å². The third-order valence-corrected chi connectivity index (χ3v) is 6.51. The van der Waals surface area contributed by atoms with Crippen LogP contribution in [-0.4, -0.2) is 27.7 Å². The molecule has 1 aromatic heterocycles. The zero-order valence-corrected chi connectivity index (χ0v) is 16.2. The molecule has 4 rings (SSSR count). The lowest BCUT2D eigenvalue weighted by Gasteiger charge is -2.34. The predicted octanol–water partition coefficient (Wildman–Crippen LogP) is 4.81. The number of hydrogen-bond donors (Lipinski definition) is 1. The van der Waals surface area contributed by atoms with E-state index in [9.17, 15) is 14.7 Å². The molecule has 2 fully saturated rings. The Morgan fingerprint density at radius 2 is 1.78 bits per heavy atom. The van der Waals surface area contributed by atoms with Crippen molar-refractivity contribution >= 4 is 28.8 Å². The Morgan fingerprint density at radius 1 is 1.07 bits per heavy atom. The number of rotatable bonds is 3. The van der Waals surface area contributed by atoms with Gasteiger partial charge in [-0.3, -0.25) is 9.59 Å². The summed E-state index contributed by atoms with van der Waals surface area (Å²) in [6, 6.07) is 10.8. The number of benzene rings is 1. The molecule has 2 heterocycles. The van der Waals surface area contributed by atoms with Gasteiger partial charge in [0.05, 0.1) is 11.6 Å². The molecule has 27 heavy (non-hydrogen) atoms. The zero-order chi connectivity index (χ0) is 19.0. The maximum Gasteiger partial charge on any atom is 0.295 e. The molecule has 1 atom stereocenters. The molecule has 0 bridgehead atoms. The molecule has 2 aromatic rings. The molecule has 0 spiro atoms. The van der Waals surface area contributed by atoms with Crippen molar-refractivity contribution in [3.05, 3.63) is 63.4 Å². The second-order valence-electron chi connectivity index (χ2n) is 7.38. The van der Waals surface area contributed by atoms with Gasteiger partial charge in [0, 0.05) is 16.5 Å². The molecule has 1 amide bonds. The van der Waals surface area contributed by atoms with E-state index in [1.165, 1.54) is 17.8 Å². The molecule has 1 unspecified atom stereocenters. The molecule has 1 aliphatic heterocycles. The lowest BCUT2D eigenvalue weighted by atomic mass is 9.92. The van der Waals surface area contributed by atoms with E-state index in [1.54, 1.807) is 17.0 Å². The van der Waals surface area contributed by atoms with Gasteiger partial charge in [0.15, 0.2) is 0 Å². The fourth-order valence-electron chi connectivity index (χ4n) is 4.18. The molecule has 5 heteroatoms. The number of amides is 1. The number of Topliss-reactive ketones (excluding diaryl/α,β-unsaturated/α-hetero) is 1. The number of nitrogens with zero attached hydrogens (tertiary/aromatic N) is 1. The number of aliphatic hydroxyl groups is 1. The summed E-state index contributed by atoms with van der Waals surface area (Å²) in [7, 11) is 0. The number of aliphatic hydroxyl groups excluding tert-OH is 1. The molecule has 1 saturated carbocycles. The number of carbonyl (C=O) groups excluding carboxylic acids is 2. The van der Waals surface area contributed by atoms with Crippen molar-refractivity contribution in [2.75, 3.05) is 0 Å². The lowest BCUT2D eigenvalue weighted by Crippen LogP contribution is -2.40. The second-order valence-corrected chi connectivity index (χ2v) is 8.36. The summed E-state index contributed by atoms with van der Waals surface area (Å²) in [6.07, 6.45) is 5.15. The smallest absolute Gasteiger partial charge is 0.295 e. The quantitative estimate of drug-likeness (QED) is 0.471. The van der Waals surface area contributed by atoms with Gasteiger partial charge in [-0.2, -0.15) is 0 Å². The van der Waals surface area contributed by atoms with Crippen LogP contribution in [0.1, 0.15) is 54.1 Å². The van der Waals surface area contributed by atoms with Crippen LogP contribution in [0.2, 0.25) is 0 Å². The summed E-state index contributed by atoms with van der Waals surface area (Å²) < 4.78 is 0. The first-order chi connectivity index (χ1) is 13.1. The number of hydrogen-bond acceptors (Lipinski definition) is 4. The van der Waals surface area contributed by atoms with Crippen LogP contribution in [0.3, 0.4) is 0 Å². The maximum atomic E-state index is 12.9. The summed E-state index contributed by atoms with van der Waals surface area (Å²) in [4.78, 5) is 28.6. The Morgan fingerprint density at radius 3 is 2.41 bits per heavy atom. The topological polar surface area (TPSA) is 57.6 Å². The van der Waals surface area contributed by atoms with Crippen LogP contribution >= 0.6 is 11.3 Å². The van der Waals surface area contributed by atoms with Crippen LogP contribution in [0.5, 0.6) is 0 Å². The van der Waals surface area contributed by atoms with Crippen LogP contribution in [0, 0.1) is 6.92 Å². The molecular formula is C22H23NO3S. The van der Waals surface area contributed by atoms with Gasteiger partial charge in [-0.1, -0.05) is 55.2 Å². The molecule has 1 N–H and O–H groups in total. The van der Waals surface area contributed by atoms with Crippen molar-refractivity contribution in [1.29, 1.82) is 0 Å². The summed E-state index contributed by atoms with van der Waals surface area (Å²) in [6.45, 7) is 1.97. The molecular weight excluding hydrogens is 358 g/mol. The Labute approximate surface area is 163 Å². The van der Waals surface area contributed by atoms with E-state index in [4.69, 9.17) is 0 Å². The van der Waals surface area contributed by atoms with Gasteiger partial charge in [0.1, 0.15) is 5.76 Å². The first-order valence-electron chi connectivity index (χ1n) is 9.48. The van der Waals surface area contributed by atoms with E-state index in [1.807, 2.05) is 36.6 Å². The molecule has 4 nitrogen and oxygen atoms in total. The molecule has 2 aliphatic rings. The Bertz CT molecular complexity index is 877. The molecule has 1 aliphatic carbocycles. The van der Waals surface area contributed by atoms with E-state index in [2.05, 4.69) is 0 Å². The Hall–Kier alpha value is -2.40. The highest BCUT2D eigenvalue weighted by atomic mass is 32.1. The first-order valence-corrected chi connectivity index (χ1v) is 10.4. The van der Waals surface area contributed by atoms with Gasteiger partial charge in [0.25, 0.3) is 11.7 Å². The van der Waals surface area contributed by atoms with Crippen LogP contribution in [0.4, 0.5) is 0 Å². The molecule has 140 valence electrons. The highest BCUT2D eigenvalue weighted by Crippen LogP contribution is 2.44. The van der Waals surface area contributed by atoms with Gasteiger partial charge in [-0.25, -0.2) is 0 Å². The number of carbonyl (C=O) groups is 2. The van der Waals surface area contributed by atoms with Gasteiger partial charge < -0.3 is 10.0 Å². The van der Waals surface area contributed by atoms with Crippen molar-refractivity contribution in [1.82, 2.24) is 4.90 Å². The van der Waals surface area contributed by atoms with Crippen LogP contribution in [0.25, 0.3) is 5.76 Å². The molecule has 0 radical (unpaired) electrons. The predicted molar refractivity (Wildman–Crippen MR) is 107 cm³/mol. The third kappa shape index (κ3) is 3.21. The van der Waals surface area contributed by atoms with Crippen molar-refractivity contribution in [3.8, 4) is 0 Å². The highest BCUT2D eigenvalue weighted by molar-refractivity contribution is 7.10. The maximum absolute atomic E-state index is 12.9. The van der Waals surface area contributed by atoms with Gasteiger partial charge in [0.2, 0.25) is 0 Å². The average Bonchev–Trinajstić information content (AvgIpc) is 3.30. The Balaban J connectivity index is 1.84. The van der Waals surface area contributed by atoms with Crippen LogP contribution < -0.4 is 0 Å². The van der Waals surface area contributed by atoms with Crippen molar-refractivity contribution < 1.29 is 14.7 Å². The van der Waals surface area contributed by atoms with E-state index in [0.29, 0.717) is 5.56 Å². The zero-order valence-electron chi connectivity index (χ0n) is 15.4. The van der Waals surface area contributed by atoms with E-state index >= 15 is 0 Å². The highest BCUT2D eigenvalue weighted by Gasteiger charge is 2.49. The van der Waals surface area contributed by atoms with Crippen molar-refractivity contribution in [3.63, 3.8) is 0 Å². The lowest BCUT2D eigenvalue weighted by molar-refractivity contribution is -0.141. The number of thiophene rings is 1. The fourth-order valence-corrected chi connectivity index (χ4v) is 5.01. The summed E-state index contributed by atoms with van der Waals surface area (Å²) in [5, 5.41) is 12.9. The molecule has 1 saturated heterocycles. The molecule has 1 aromatic carbocycles. The van der Waals surface area contributed by atoms with Gasteiger partial charge >= 0.3 is 0 Å². The van der Waals surface area contributed by atoms with E-state index in [0.717, 1.165) is 36.1 Å². The number of ketones is 1. The van der Waals surface area contributed by atoms with E-state index in [-0.39, 0.29) is 17.4 Å². The monoisotopic (exact) mass is 381 g/mol. The summed E-state index contributed by atoms with van der Waals surface area (Å²) in [5.74, 6) is -1.13. The number of aryl methyl sites for hydroxylation is 1. The third-order valence-electron chi connectivity index (χ3n) is 5.59. The van der Waals surface area contributed by atoms with E-state index < -0.39 is 17.7 Å². The Kier molecular flexibility index (Phi) is 4.87. The normalized spacial score (nSPS) is 23.1. The van der Waals surface area contributed by atoms with Gasteiger partial charge in [-0.15, -0.1) is 11.3 Å². The summed E-state index contributed by atoms with van der Waals surface area (Å²) in [5.41, 5.74) is 1.87. The average molecular weight is 381 g/mol. The fraction of sp³-hybridized carbons (Fsp3) is 0.364. The van der Waals surface area contributed by atoms with Crippen LogP contribution in [-0.2, 0) is 9.59 Å². The SMILES string of the molecule is Cc1ccc(/C(O)=C2/C(=O)C(=O)N(C3CCCCC3)C2c2cccs2)cc1. The van der Waals surface area contributed by atoms with Crippen molar-refractivity contribution in [2.45, 2.75) is 51.1 Å². The minimum atomic E-state index is -0.572. The van der Waals surface area contributed by atoms with Crippen LogP contribution in [0.15, 0.2) is 47.4 Å². The minimum absolute atomic E-state index is 0.0608. The minimum Gasteiger partial charge on any atom is -0.507 e. The largest absolute Gasteiger partial charge is 0.507 e. The summed E-state index contributed by atoms with van der Waals surface area (Å²) >= 11 is 1.52. The number of likely N-dealkylation sites (tertiary alicyclic amines) is 1. The standard InChI is InChI=1S/C22H23NO3S/c1-14-9-11-15(12-10-14)20(24)18-19(17-8-5-13-27-17)23(22(26)21(18)25)16-6-3-2-4-7-16/h5,8-13,16,19,24H,2-4,6-7H2,1H3/b20-18-. The first kappa shape index (κ1) is 18.0.